The summed E-state index contributed by atoms with van der Waals surface area (Å²) in [5, 5.41) is 9.25. The maximum Gasteiger partial charge on any atom is 0.417 e. The zero-order valence-electron chi connectivity index (χ0n) is 14.7. The Balaban J connectivity index is 1.83. The minimum absolute atomic E-state index is 0.127. The standard InChI is InChI=1S/C19H14F3N3O2S/c1-2-14-7-15-17(28-14)24-10-25(18(15)27)9-13(26)5-11-3-4-12(8-23)16(6-11)19(20,21)22/h3-4,6-7,10H,2,5,9H2,1H3. The predicted octanol–water partition coefficient (Wildman–Crippen LogP) is 3.72. The van der Waals surface area contributed by atoms with E-state index in [-0.39, 0.29) is 24.1 Å². The Kier molecular flexibility index (Phi) is 5.34. The zero-order valence-corrected chi connectivity index (χ0v) is 15.5. The number of carbonyl (C=O) groups excluding carboxylic acids is 1. The van der Waals surface area contributed by atoms with Crippen LogP contribution >= 0.6 is 11.3 Å². The van der Waals surface area contributed by atoms with E-state index >= 15 is 0 Å². The van der Waals surface area contributed by atoms with E-state index in [0.29, 0.717) is 10.2 Å². The molecule has 0 bridgehead atoms. The lowest BCUT2D eigenvalue weighted by atomic mass is 10.0. The Morgan fingerprint density at radius 2 is 2.07 bits per heavy atom. The summed E-state index contributed by atoms with van der Waals surface area (Å²) >= 11 is 1.41. The van der Waals surface area contributed by atoms with Gasteiger partial charge >= 0.3 is 6.18 Å². The summed E-state index contributed by atoms with van der Waals surface area (Å²) in [7, 11) is 0. The number of hydrogen-bond donors (Lipinski definition) is 0. The Morgan fingerprint density at radius 1 is 1.32 bits per heavy atom. The summed E-state index contributed by atoms with van der Waals surface area (Å²) in [5.74, 6) is -0.438. The van der Waals surface area contributed by atoms with Crippen LogP contribution < -0.4 is 5.56 Å². The van der Waals surface area contributed by atoms with Crippen molar-refractivity contribution in [3.63, 3.8) is 0 Å². The number of alkyl halides is 3. The van der Waals surface area contributed by atoms with E-state index in [9.17, 15) is 22.8 Å². The van der Waals surface area contributed by atoms with E-state index in [1.54, 1.807) is 6.07 Å². The first-order valence-electron chi connectivity index (χ1n) is 8.32. The van der Waals surface area contributed by atoms with Crippen molar-refractivity contribution in [1.29, 1.82) is 5.26 Å². The van der Waals surface area contributed by atoms with Gasteiger partial charge in [0.2, 0.25) is 0 Å². The molecular formula is C19H14F3N3O2S. The largest absolute Gasteiger partial charge is 0.417 e. The van der Waals surface area contributed by atoms with Crippen LogP contribution in [0.4, 0.5) is 13.2 Å². The third-order valence-corrected chi connectivity index (χ3v) is 5.36. The minimum Gasteiger partial charge on any atom is -0.297 e. The van der Waals surface area contributed by atoms with Crippen molar-refractivity contribution in [1.82, 2.24) is 9.55 Å². The highest BCUT2D eigenvalue weighted by atomic mass is 32.1. The molecule has 0 saturated carbocycles. The smallest absolute Gasteiger partial charge is 0.297 e. The highest BCUT2D eigenvalue weighted by Gasteiger charge is 2.33. The number of benzene rings is 1. The highest BCUT2D eigenvalue weighted by Crippen LogP contribution is 2.32. The fourth-order valence-corrected chi connectivity index (χ4v) is 3.73. The number of aromatic nitrogens is 2. The molecule has 3 aromatic rings. The van der Waals surface area contributed by atoms with E-state index in [2.05, 4.69) is 4.98 Å². The first kappa shape index (κ1) is 19.8. The maximum absolute atomic E-state index is 13.0. The molecule has 1 aromatic carbocycles. The van der Waals surface area contributed by atoms with Crippen LogP contribution in [-0.2, 0) is 30.4 Å². The molecule has 2 aromatic heterocycles. The summed E-state index contributed by atoms with van der Waals surface area (Å²) in [6.45, 7) is 1.67. The van der Waals surface area contributed by atoms with E-state index in [1.807, 2.05) is 6.92 Å². The lowest BCUT2D eigenvalue weighted by molar-refractivity contribution is -0.138. The first-order valence-corrected chi connectivity index (χ1v) is 9.14. The van der Waals surface area contributed by atoms with Crippen molar-refractivity contribution in [3.05, 3.63) is 62.5 Å². The highest BCUT2D eigenvalue weighted by molar-refractivity contribution is 7.18. The van der Waals surface area contributed by atoms with Crippen LogP contribution in [0.5, 0.6) is 0 Å². The monoisotopic (exact) mass is 405 g/mol. The van der Waals surface area contributed by atoms with Crippen molar-refractivity contribution < 1.29 is 18.0 Å². The second-order valence-electron chi connectivity index (χ2n) is 6.17. The number of Topliss-reactive ketones (excluding diaryl/α,β-unsaturated/α-hetero) is 1. The fraction of sp³-hybridized carbons (Fsp3) is 0.263. The summed E-state index contributed by atoms with van der Waals surface area (Å²) in [6, 6.07) is 6.39. The van der Waals surface area contributed by atoms with Crippen molar-refractivity contribution >= 4 is 27.3 Å². The van der Waals surface area contributed by atoms with Gasteiger partial charge in [-0.2, -0.15) is 18.4 Å². The lowest BCUT2D eigenvalue weighted by Gasteiger charge is -2.11. The average molecular weight is 405 g/mol. The molecule has 0 saturated heterocycles. The van der Waals surface area contributed by atoms with Crippen LogP contribution in [0.2, 0.25) is 0 Å². The molecule has 3 rings (SSSR count). The SMILES string of the molecule is CCc1cc2c(=O)n(CC(=O)Cc3ccc(C#N)c(C(F)(F)F)c3)cnc2s1. The number of nitriles is 1. The number of halogens is 3. The Labute approximate surface area is 161 Å². The van der Waals surface area contributed by atoms with Crippen LogP contribution in [0.1, 0.15) is 28.5 Å². The zero-order chi connectivity index (χ0) is 20.5. The summed E-state index contributed by atoms with van der Waals surface area (Å²) in [5.41, 5.74) is -1.81. The Bertz CT molecular complexity index is 1160. The molecule has 0 aliphatic heterocycles. The molecule has 0 radical (unpaired) electrons. The van der Waals surface area contributed by atoms with E-state index in [0.717, 1.165) is 28.0 Å². The van der Waals surface area contributed by atoms with Gasteiger partial charge in [-0.1, -0.05) is 13.0 Å². The van der Waals surface area contributed by atoms with Gasteiger partial charge in [0, 0.05) is 11.3 Å². The minimum atomic E-state index is -4.69. The normalized spacial score (nSPS) is 11.5. The lowest BCUT2D eigenvalue weighted by Crippen LogP contribution is -2.25. The molecule has 9 heteroatoms. The number of thiophene rings is 1. The quantitative estimate of drug-likeness (QED) is 0.648. The van der Waals surface area contributed by atoms with E-state index in [1.165, 1.54) is 29.8 Å². The second kappa shape index (κ2) is 7.56. The third-order valence-electron chi connectivity index (χ3n) is 4.18. The number of carbonyl (C=O) groups is 1. The molecule has 0 spiro atoms. The maximum atomic E-state index is 13.0. The van der Waals surface area contributed by atoms with Gasteiger partial charge in [-0.15, -0.1) is 11.3 Å². The Morgan fingerprint density at radius 3 is 2.71 bits per heavy atom. The van der Waals surface area contributed by atoms with Crippen molar-refractivity contribution in [2.45, 2.75) is 32.5 Å². The van der Waals surface area contributed by atoms with E-state index in [4.69, 9.17) is 5.26 Å². The molecule has 0 N–H and O–H groups in total. The molecule has 2 heterocycles. The van der Waals surface area contributed by atoms with Gasteiger partial charge in [-0.3, -0.25) is 14.2 Å². The second-order valence-corrected chi connectivity index (χ2v) is 7.28. The van der Waals surface area contributed by atoms with Crippen molar-refractivity contribution in [2.75, 3.05) is 0 Å². The third kappa shape index (κ3) is 3.97. The fourth-order valence-electron chi connectivity index (χ4n) is 2.80. The first-order chi connectivity index (χ1) is 13.2. The van der Waals surface area contributed by atoms with Gasteiger partial charge in [0.15, 0.2) is 5.78 Å². The molecule has 0 amide bonds. The van der Waals surface area contributed by atoms with Gasteiger partial charge in [0.25, 0.3) is 5.56 Å². The van der Waals surface area contributed by atoms with Crippen molar-refractivity contribution in [3.8, 4) is 6.07 Å². The van der Waals surface area contributed by atoms with Crippen LogP contribution in [0.15, 0.2) is 35.4 Å². The summed E-state index contributed by atoms with van der Waals surface area (Å²) in [4.78, 5) is 30.6. The number of hydrogen-bond acceptors (Lipinski definition) is 5. The number of fused-ring (bicyclic) bond motifs is 1. The number of aryl methyl sites for hydroxylation is 1. The topological polar surface area (TPSA) is 75.8 Å². The molecule has 28 heavy (non-hydrogen) atoms. The van der Waals surface area contributed by atoms with Crippen LogP contribution in [0.3, 0.4) is 0 Å². The van der Waals surface area contributed by atoms with Gasteiger partial charge in [-0.25, -0.2) is 4.98 Å². The van der Waals surface area contributed by atoms with Gasteiger partial charge in [0.1, 0.15) is 4.83 Å². The van der Waals surface area contributed by atoms with Gasteiger partial charge in [-0.05, 0) is 30.2 Å². The molecule has 0 unspecified atom stereocenters. The molecule has 5 nitrogen and oxygen atoms in total. The van der Waals surface area contributed by atoms with Gasteiger partial charge in [0.05, 0.1) is 35.5 Å². The number of nitrogens with zero attached hydrogens (tertiary/aromatic N) is 3. The number of rotatable bonds is 5. The van der Waals surface area contributed by atoms with Crippen LogP contribution in [-0.4, -0.2) is 15.3 Å². The molecule has 144 valence electrons. The summed E-state index contributed by atoms with van der Waals surface area (Å²) < 4.78 is 40.3. The molecular weight excluding hydrogens is 391 g/mol. The van der Waals surface area contributed by atoms with Crippen LogP contribution in [0, 0.1) is 11.3 Å². The number of ketones is 1. The molecule has 0 atom stereocenters. The van der Waals surface area contributed by atoms with Crippen molar-refractivity contribution in [2.24, 2.45) is 0 Å². The molecule has 0 aliphatic carbocycles. The van der Waals surface area contributed by atoms with Gasteiger partial charge < -0.3 is 0 Å². The molecule has 0 fully saturated rings. The summed E-state index contributed by atoms with van der Waals surface area (Å²) in [6.07, 6.45) is -2.94. The van der Waals surface area contributed by atoms with Crippen LogP contribution in [0.25, 0.3) is 10.2 Å². The predicted molar refractivity (Wildman–Crippen MR) is 98.1 cm³/mol. The van der Waals surface area contributed by atoms with E-state index < -0.39 is 23.1 Å². The average Bonchev–Trinajstić information content (AvgIpc) is 3.07. The molecule has 0 aliphatic rings. The Hall–Kier alpha value is -2.99.